The van der Waals surface area contributed by atoms with Crippen molar-refractivity contribution in [3.05, 3.63) is 35.9 Å². The number of aryl methyl sites for hydroxylation is 1. The molecule has 21 heavy (non-hydrogen) atoms. The van der Waals surface area contributed by atoms with Crippen LogP contribution >= 0.6 is 0 Å². The zero-order valence-corrected chi connectivity index (χ0v) is 12.2. The summed E-state index contributed by atoms with van der Waals surface area (Å²) >= 11 is 0. The highest BCUT2D eigenvalue weighted by Crippen LogP contribution is 2.29. The van der Waals surface area contributed by atoms with Gasteiger partial charge in [0.1, 0.15) is 6.10 Å². The number of benzene rings is 1. The van der Waals surface area contributed by atoms with Gasteiger partial charge in [0.05, 0.1) is 0 Å². The fourth-order valence-corrected chi connectivity index (χ4v) is 2.62. The summed E-state index contributed by atoms with van der Waals surface area (Å²) < 4.78 is 5.18. The number of para-hydroxylation sites is 1. The maximum absolute atomic E-state index is 11.2. The van der Waals surface area contributed by atoms with E-state index >= 15 is 0 Å². The molecule has 0 aromatic heterocycles. The fourth-order valence-electron chi connectivity index (χ4n) is 2.62. The number of rotatable bonds is 7. The van der Waals surface area contributed by atoms with Gasteiger partial charge in [-0.3, -0.25) is 0 Å². The van der Waals surface area contributed by atoms with Crippen LogP contribution in [0.4, 0.5) is 0 Å². The highest BCUT2D eigenvalue weighted by molar-refractivity contribution is 5.89. The van der Waals surface area contributed by atoms with Crippen molar-refractivity contribution in [3.63, 3.8) is 0 Å². The van der Waals surface area contributed by atoms with E-state index in [9.17, 15) is 15.0 Å². The first-order valence-electron chi connectivity index (χ1n) is 7.46. The Bertz CT molecular complexity index is 506. The van der Waals surface area contributed by atoms with Gasteiger partial charge in [0, 0.05) is 12.0 Å². The number of unbranched alkanes of at least 4 members (excludes halogenated alkanes) is 3. The number of esters is 1. The van der Waals surface area contributed by atoms with Gasteiger partial charge in [0.2, 0.25) is 0 Å². The SMILES string of the molecule is C=C1C[C@H](CCCCCCc2cccc(O)c2O)OC1=O. The molecule has 4 nitrogen and oxygen atoms in total. The van der Waals surface area contributed by atoms with Crippen molar-refractivity contribution < 1.29 is 19.7 Å². The van der Waals surface area contributed by atoms with Crippen LogP contribution in [-0.2, 0) is 16.0 Å². The molecule has 1 atom stereocenters. The Hall–Kier alpha value is -1.97. The third-order valence-electron chi connectivity index (χ3n) is 3.86. The molecule has 0 amide bonds. The first-order chi connectivity index (χ1) is 10.1. The molecular weight excluding hydrogens is 268 g/mol. The predicted octanol–water partition coefficient (Wildman–Crippen LogP) is 3.46. The Morgan fingerprint density at radius 1 is 1.19 bits per heavy atom. The van der Waals surface area contributed by atoms with Crippen LogP contribution < -0.4 is 0 Å². The molecule has 0 spiro atoms. The van der Waals surface area contributed by atoms with Crippen molar-refractivity contribution in [2.24, 2.45) is 0 Å². The summed E-state index contributed by atoms with van der Waals surface area (Å²) in [4.78, 5) is 11.2. The van der Waals surface area contributed by atoms with Crippen LogP contribution in [0.5, 0.6) is 11.5 Å². The summed E-state index contributed by atoms with van der Waals surface area (Å²) in [5.41, 5.74) is 1.37. The second-order valence-corrected chi connectivity index (χ2v) is 5.57. The minimum absolute atomic E-state index is 0.00567. The van der Waals surface area contributed by atoms with Gasteiger partial charge in [0.25, 0.3) is 0 Å². The molecule has 1 fully saturated rings. The summed E-state index contributed by atoms with van der Waals surface area (Å²) in [5, 5.41) is 19.1. The van der Waals surface area contributed by atoms with E-state index in [4.69, 9.17) is 4.74 Å². The number of carbonyl (C=O) groups is 1. The van der Waals surface area contributed by atoms with Gasteiger partial charge >= 0.3 is 5.97 Å². The molecule has 2 N–H and O–H groups in total. The Kier molecular flexibility index (Phi) is 5.26. The van der Waals surface area contributed by atoms with E-state index in [1.165, 1.54) is 6.07 Å². The summed E-state index contributed by atoms with van der Waals surface area (Å²) in [5.74, 6) is -0.316. The van der Waals surface area contributed by atoms with Gasteiger partial charge in [0.15, 0.2) is 11.5 Å². The lowest BCUT2D eigenvalue weighted by atomic mass is 10.0. The first kappa shape index (κ1) is 15.4. The number of ether oxygens (including phenoxy) is 1. The maximum atomic E-state index is 11.2. The zero-order chi connectivity index (χ0) is 15.2. The molecule has 114 valence electrons. The van der Waals surface area contributed by atoms with E-state index in [-0.39, 0.29) is 23.6 Å². The fraction of sp³-hybridized carbons (Fsp3) is 0.471. The molecule has 2 rings (SSSR count). The van der Waals surface area contributed by atoms with Crippen LogP contribution in [0.25, 0.3) is 0 Å². The molecule has 4 heteroatoms. The second-order valence-electron chi connectivity index (χ2n) is 5.57. The Morgan fingerprint density at radius 3 is 2.67 bits per heavy atom. The molecule has 1 aliphatic heterocycles. The predicted molar refractivity (Wildman–Crippen MR) is 80.2 cm³/mol. The molecule has 0 aliphatic carbocycles. The summed E-state index contributed by atoms with van der Waals surface area (Å²) in [7, 11) is 0. The van der Waals surface area contributed by atoms with Crippen molar-refractivity contribution in [1.29, 1.82) is 0 Å². The number of hydrogen-bond acceptors (Lipinski definition) is 4. The molecule has 0 bridgehead atoms. The molecular formula is C17H22O4. The van der Waals surface area contributed by atoms with E-state index in [1.807, 2.05) is 6.07 Å². The lowest BCUT2D eigenvalue weighted by Crippen LogP contribution is -2.06. The van der Waals surface area contributed by atoms with Crippen molar-refractivity contribution in [3.8, 4) is 11.5 Å². The van der Waals surface area contributed by atoms with Crippen LogP contribution in [0.3, 0.4) is 0 Å². The normalized spacial score (nSPS) is 18.0. The Morgan fingerprint density at radius 2 is 1.95 bits per heavy atom. The van der Waals surface area contributed by atoms with Crippen LogP contribution in [0.15, 0.2) is 30.4 Å². The Balaban J connectivity index is 1.59. The number of cyclic esters (lactones) is 1. The lowest BCUT2D eigenvalue weighted by Gasteiger charge is -2.08. The van der Waals surface area contributed by atoms with Crippen LogP contribution in [0.1, 0.15) is 44.1 Å². The monoisotopic (exact) mass is 290 g/mol. The number of phenolic OH excluding ortho intramolecular Hbond substituents is 2. The highest BCUT2D eigenvalue weighted by atomic mass is 16.5. The van der Waals surface area contributed by atoms with Crippen molar-refractivity contribution >= 4 is 5.97 Å². The highest BCUT2D eigenvalue weighted by Gasteiger charge is 2.26. The van der Waals surface area contributed by atoms with Crippen molar-refractivity contribution in [2.75, 3.05) is 0 Å². The Labute approximate surface area is 125 Å². The van der Waals surface area contributed by atoms with E-state index < -0.39 is 0 Å². The third kappa shape index (κ3) is 4.25. The van der Waals surface area contributed by atoms with E-state index in [0.717, 1.165) is 44.1 Å². The van der Waals surface area contributed by atoms with Gasteiger partial charge in [-0.25, -0.2) is 4.79 Å². The van der Waals surface area contributed by atoms with Crippen LogP contribution in [0.2, 0.25) is 0 Å². The molecule has 1 aromatic rings. The quantitative estimate of drug-likeness (QED) is 0.349. The average molecular weight is 290 g/mol. The smallest absolute Gasteiger partial charge is 0.333 e. The molecule has 1 aromatic carbocycles. The maximum Gasteiger partial charge on any atom is 0.333 e. The molecule has 1 aliphatic rings. The molecule has 1 heterocycles. The van der Waals surface area contributed by atoms with E-state index in [2.05, 4.69) is 6.58 Å². The number of hydrogen-bond donors (Lipinski definition) is 2. The van der Waals surface area contributed by atoms with Crippen molar-refractivity contribution in [2.45, 2.75) is 51.0 Å². The van der Waals surface area contributed by atoms with Gasteiger partial charge in [-0.2, -0.15) is 0 Å². The molecule has 0 radical (unpaired) electrons. The van der Waals surface area contributed by atoms with E-state index in [1.54, 1.807) is 6.07 Å². The van der Waals surface area contributed by atoms with Gasteiger partial charge in [-0.05, 0) is 37.3 Å². The summed E-state index contributed by atoms with van der Waals surface area (Å²) in [6.07, 6.45) is 6.44. The lowest BCUT2D eigenvalue weighted by molar-refractivity contribution is -0.139. The standard InChI is InChI=1S/C17H22O4/c1-12-11-14(21-17(12)20)9-5-3-2-4-7-13-8-6-10-15(18)16(13)19/h6,8,10,14,18-19H,1-5,7,9,11H2/t14-/m0/s1. The average Bonchev–Trinajstić information content (AvgIpc) is 2.77. The van der Waals surface area contributed by atoms with E-state index in [0.29, 0.717) is 12.0 Å². The van der Waals surface area contributed by atoms with Crippen molar-refractivity contribution in [1.82, 2.24) is 0 Å². The second kappa shape index (κ2) is 7.16. The topological polar surface area (TPSA) is 66.8 Å². The minimum atomic E-state index is -0.251. The summed E-state index contributed by atoms with van der Waals surface area (Å²) in [6, 6.07) is 5.06. The first-order valence-corrected chi connectivity index (χ1v) is 7.46. The molecule has 0 unspecified atom stereocenters. The van der Waals surface area contributed by atoms with Gasteiger partial charge in [-0.1, -0.05) is 31.6 Å². The summed E-state index contributed by atoms with van der Waals surface area (Å²) in [6.45, 7) is 3.67. The van der Waals surface area contributed by atoms with Gasteiger partial charge in [-0.15, -0.1) is 0 Å². The number of aromatic hydroxyl groups is 2. The largest absolute Gasteiger partial charge is 0.504 e. The number of phenols is 2. The van der Waals surface area contributed by atoms with Crippen LogP contribution in [0, 0.1) is 0 Å². The number of carbonyl (C=O) groups excluding carboxylic acids is 1. The zero-order valence-electron chi connectivity index (χ0n) is 12.2. The molecule has 0 saturated carbocycles. The minimum Gasteiger partial charge on any atom is -0.504 e. The van der Waals surface area contributed by atoms with Crippen LogP contribution in [-0.4, -0.2) is 22.3 Å². The molecule has 1 saturated heterocycles. The van der Waals surface area contributed by atoms with Gasteiger partial charge < -0.3 is 14.9 Å². The third-order valence-corrected chi connectivity index (χ3v) is 3.86.